The molecule has 6 rings (SSSR count). The van der Waals surface area contributed by atoms with Crippen LogP contribution in [-0.2, 0) is 10.5 Å². The Labute approximate surface area is 176 Å². The first kappa shape index (κ1) is 18.7. The third-order valence-corrected chi connectivity index (χ3v) is 6.64. The van der Waals surface area contributed by atoms with Gasteiger partial charge in [-0.1, -0.05) is 18.0 Å². The number of aromatic nitrogens is 5. The maximum absolute atomic E-state index is 14.2. The fraction of sp³-hybridized carbons (Fsp3) is 0.455. The molecular weight excluding hydrogens is 401 g/mol. The van der Waals surface area contributed by atoms with Crippen LogP contribution in [0.3, 0.4) is 0 Å². The molecule has 2 aliphatic rings. The molecule has 160 valence electrons. The van der Waals surface area contributed by atoms with E-state index in [4.69, 9.17) is 9.26 Å². The Morgan fingerprint density at radius 2 is 2.03 bits per heavy atom. The number of benzene rings is 1. The maximum atomic E-state index is 14.2. The van der Waals surface area contributed by atoms with Gasteiger partial charge in [0.1, 0.15) is 29.1 Å². The van der Waals surface area contributed by atoms with E-state index in [1.165, 1.54) is 12.1 Å². The summed E-state index contributed by atoms with van der Waals surface area (Å²) in [6.07, 6.45) is 7.41. The molecule has 3 aromatic heterocycles. The Hall–Kier alpha value is -3.07. The van der Waals surface area contributed by atoms with Gasteiger partial charge in [0.15, 0.2) is 0 Å². The first-order valence-corrected chi connectivity index (χ1v) is 10.7. The van der Waals surface area contributed by atoms with Gasteiger partial charge in [-0.2, -0.15) is 4.98 Å². The molecule has 0 radical (unpaired) electrons. The lowest BCUT2D eigenvalue weighted by Gasteiger charge is -2.28. The van der Waals surface area contributed by atoms with Crippen molar-refractivity contribution >= 4 is 16.6 Å². The lowest BCUT2D eigenvalue weighted by Crippen LogP contribution is -2.39. The van der Waals surface area contributed by atoms with Crippen molar-refractivity contribution in [3.8, 4) is 11.5 Å². The van der Waals surface area contributed by atoms with E-state index in [-0.39, 0.29) is 11.5 Å². The SMILES string of the molecule is CC1(n2c(=O)c3c(-c4noc(C5CCCC5)n4)ncn3c3ccc(F)cc32)CCCO1. The minimum absolute atomic E-state index is 0.265. The predicted molar refractivity (Wildman–Crippen MR) is 110 cm³/mol. The van der Waals surface area contributed by atoms with Gasteiger partial charge in [0.05, 0.1) is 11.0 Å². The van der Waals surface area contributed by atoms with Gasteiger partial charge in [0.2, 0.25) is 11.7 Å². The lowest BCUT2D eigenvalue weighted by atomic mass is 10.1. The summed E-state index contributed by atoms with van der Waals surface area (Å²) in [6.45, 7) is 2.41. The molecule has 0 amide bonds. The molecule has 0 N–H and O–H groups in total. The van der Waals surface area contributed by atoms with E-state index in [1.807, 2.05) is 6.92 Å². The third-order valence-electron chi connectivity index (χ3n) is 6.64. The summed E-state index contributed by atoms with van der Waals surface area (Å²) in [5.41, 5.74) is 0.631. The van der Waals surface area contributed by atoms with E-state index < -0.39 is 11.5 Å². The molecule has 4 heterocycles. The van der Waals surface area contributed by atoms with E-state index in [0.29, 0.717) is 47.0 Å². The molecule has 4 aromatic rings. The Kier molecular flexibility index (Phi) is 4.05. The lowest BCUT2D eigenvalue weighted by molar-refractivity contribution is -0.0447. The Bertz CT molecular complexity index is 1360. The molecule has 1 aliphatic heterocycles. The van der Waals surface area contributed by atoms with Crippen molar-refractivity contribution in [3.05, 3.63) is 46.6 Å². The molecule has 2 fully saturated rings. The highest BCUT2D eigenvalue weighted by Gasteiger charge is 2.36. The van der Waals surface area contributed by atoms with Crippen molar-refractivity contribution in [2.75, 3.05) is 6.61 Å². The summed E-state index contributed by atoms with van der Waals surface area (Å²) < 4.78 is 28.9. The second-order valence-corrected chi connectivity index (χ2v) is 8.65. The Morgan fingerprint density at radius 3 is 2.81 bits per heavy atom. The second-order valence-electron chi connectivity index (χ2n) is 8.65. The van der Waals surface area contributed by atoms with Gasteiger partial charge >= 0.3 is 0 Å². The fourth-order valence-corrected chi connectivity index (χ4v) is 5.07. The molecule has 9 heteroatoms. The molecule has 1 saturated carbocycles. The van der Waals surface area contributed by atoms with Crippen molar-refractivity contribution in [2.45, 2.75) is 57.1 Å². The van der Waals surface area contributed by atoms with Crippen molar-refractivity contribution in [1.29, 1.82) is 0 Å². The van der Waals surface area contributed by atoms with Crippen molar-refractivity contribution in [1.82, 2.24) is 24.1 Å². The average Bonchev–Trinajstić information content (AvgIpc) is 3.53. The highest BCUT2D eigenvalue weighted by Crippen LogP contribution is 2.35. The zero-order valence-electron chi connectivity index (χ0n) is 17.2. The molecule has 31 heavy (non-hydrogen) atoms. The first-order chi connectivity index (χ1) is 15.0. The number of imidazole rings is 1. The molecule has 1 aromatic carbocycles. The van der Waals surface area contributed by atoms with Gasteiger partial charge < -0.3 is 9.26 Å². The van der Waals surface area contributed by atoms with Crippen LogP contribution in [0.25, 0.3) is 28.1 Å². The average molecular weight is 423 g/mol. The quantitative estimate of drug-likeness (QED) is 0.495. The van der Waals surface area contributed by atoms with Crippen LogP contribution in [0.1, 0.15) is 57.3 Å². The number of ether oxygens (including phenoxy) is 1. The molecule has 1 aliphatic carbocycles. The summed E-state index contributed by atoms with van der Waals surface area (Å²) >= 11 is 0. The molecule has 1 saturated heterocycles. The van der Waals surface area contributed by atoms with Gasteiger partial charge in [0.25, 0.3) is 5.56 Å². The number of rotatable bonds is 3. The zero-order valence-corrected chi connectivity index (χ0v) is 17.2. The zero-order chi connectivity index (χ0) is 21.2. The predicted octanol–water partition coefficient (Wildman–Crippen LogP) is 3.98. The number of halogens is 1. The van der Waals surface area contributed by atoms with Gasteiger partial charge in [-0.3, -0.25) is 13.8 Å². The van der Waals surface area contributed by atoms with Crippen LogP contribution in [0.15, 0.2) is 33.8 Å². The van der Waals surface area contributed by atoms with Crippen LogP contribution in [0.2, 0.25) is 0 Å². The van der Waals surface area contributed by atoms with E-state index in [0.717, 1.165) is 32.1 Å². The summed E-state index contributed by atoms with van der Waals surface area (Å²) in [4.78, 5) is 22.8. The summed E-state index contributed by atoms with van der Waals surface area (Å²) in [5.74, 6) is 0.748. The molecule has 0 spiro atoms. The van der Waals surface area contributed by atoms with E-state index in [1.54, 1.807) is 21.4 Å². The molecule has 1 unspecified atom stereocenters. The van der Waals surface area contributed by atoms with Crippen LogP contribution in [0, 0.1) is 5.82 Å². The number of hydrogen-bond donors (Lipinski definition) is 0. The highest BCUT2D eigenvalue weighted by molar-refractivity contribution is 5.83. The van der Waals surface area contributed by atoms with Crippen molar-refractivity contribution in [3.63, 3.8) is 0 Å². The van der Waals surface area contributed by atoms with Crippen LogP contribution >= 0.6 is 0 Å². The third kappa shape index (κ3) is 2.76. The Balaban J connectivity index is 1.62. The Morgan fingerprint density at radius 1 is 1.19 bits per heavy atom. The summed E-state index contributed by atoms with van der Waals surface area (Å²) in [5, 5.41) is 4.13. The van der Waals surface area contributed by atoms with Gasteiger partial charge in [0, 0.05) is 12.5 Å². The van der Waals surface area contributed by atoms with E-state index in [9.17, 15) is 9.18 Å². The van der Waals surface area contributed by atoms with Crippen LogP contribution in [0.5, 0.6) is 0 Å². The minimum atomic E-state index is -0.862. The molecule has 1 atom stereocenters. The van der Waals surface area contributed by atoms with Gasteiger partial charge in [-0.05, 0) is 50.8 Å². The molecular formula is C22H22FN5O3. The number of fused-ring (bicyclic) bond motifs is 3. The highest BCUT2D eigenvalue weighted by atomic mass is 19.1. The van der Waals surface area contributed by atoms with Crippen LogP contribution < -0.4 is 5.56 Å². The fourth-order valence-electron chi connectivity index (χ4n) is 5.07. The van der Waals surface area contributed by atoms with Crippen molar-refractivity contribution < 1.29 is 13.7 Å². The first-order valence-electron chi connectivity index (χ1n) is 10.7. The number of hydrogen-bond acceptors (Lipinski definition) is 6. The number of nitrogens with zero attached hydrogens (tertiary/aromatic N) is 5. The maximum Gasteiger partial charge on any atom is 0.280 e. The van der Waals surface area contributed by atoms with Crippen molar-refractivity contribution in [2.24, 2.45) is 0 Å². The second kappa shape index (κ2) is 6.71. The van der Waals surface area contributed by atoms with E-state index >= 15 is 0 Å². The monoisotopic (exact) mass is 423 g/mol. The summed E-state index contributed by atoms with van der Waals surface area (Å²) in [7, 11) is 0. The van der Waals surface area contributed by atoms with Gasteiger partial charge in [-0.25, -0.2) is 9.37 Å². The standard InChI is InChI=1S/C22H22FN5O3/c1-22(9-4-10-30-22)28-16-11-14(23)7-8-15(16)27-12-24-17(18(27)21(28)29)19-25-20(31-26-19)13-5-2-3-6-13/h7-8,11-13H,2-6,9-10H2,1H3. The van der Waals surface area contributed by atoms with Crippen LogP contribution in [0.4, 0.5) is 4.39 Å². The molecule has 0 bridgehead atoms. The smallest absolute Gasteiger partial charge is 0.280 e. The normalized spacial score (nSPS) is 22.3. The van der Waals surface area contributed by atoms with Gasteiger partial charge in [-0.15, -0.1) is 0 Å². The topological polar surface area (TPSA) is 87.5 Å². The largest absolute Gasteiger partial charge is 0.355 e. The minimum Gasteiger partial charge on any atom is -0.355 e. The van der Waals surface area contributed by atoms with Crippen LogP contribution in [-0.4, -0.2) is 30.7 Å². The molecule has 8 nitrogen and oxygen atoms in total. The van der Waals surface area contributed by atoms with E-state index in [2.05, 4.69) is 15.1 Å². The summed E-state index contributed by atoms with van der Waals surface area (Å²) in [6, 6.07) is 4.40.